The molecule has 0 saturated heterocycles. The highest BCUT2D eigenvalue weighted by Gasteiger charge is 2.53. The molecule has 1 atom stereocenters. The van der Waals surface area contributed by atoms with Crippen molar-refractivity contribution < 1.29 is 35.9 Å². The minimum atomic E-state index is -4.58. The van der Waals surface area contributed by atoms with Crippen LogP contribution in [0, 0.1) is 5.41 Å². The van der Waals surface area contributed by atoms with Crippen LogP contribution >= 0.6 is 50.7 Å². The molecule has 1 unspecified atom stereocenters. The van der Waals surface area contributed by atoms with Gasteiger partial charge in [0, 0.05) is 36.0 Å². The highest BCUT2D eigenvalue weighted by atomic mass is 79.9. The van der Waals surface area contributed by atoms with Crippen LogP contribution in [0.2, 0.25) is 15.1 Å². The van der Waals surface area contributed by atoms with Crippen LogP contribution in [0.4, 0.5) is 26.3 Å². The molecule has 3 nitrogen and oxygen atoms in total. The van der Waals surface area contributed by atoms with Gasteiger partial charge in [0.25, 0.3) is 5.92 Å². The van der Waals surface area contributed by atoms with Gasteiger partial charge in [-0.15, -0.1) is 0 Å². The van der Waals surface area contributed by atoms with E-state index in [1.165, 1.54) is 30.3 Å². The van der Waals surface area contributed by atoms with E-state index in [4.69, 9.17) is 34.8 Å². The zero-order valence-electron chi connectivity index (χ0n) is 20.4. The molecule has 1 fully saturated rings. The van der Waals surface area contributed by atoms with Crippen molar-refractivity contribution in [1.82, 2.24) is 4.90 Å². The molecule has 2 aromatic carbocycles. The molecule has 2 aromatic rings. The Morgan fingerprint density at radius 2 is 1.64 bits per heavy atom. The van der Waals surface area contributed by atoms with Gasteiger partial charge in [-0.05, 0) is 48.7 Å². The number of halogens is 10. The zero-order chi connectivity index (χ0) is 29.5. The first-order valence-corrected chi connectivity index (χ1v) is 13.3. The number of Topliss-reactive ketones (excluding diaryl/α,β-unsaturated/α-hetero) is 1. The van der Waals surface area contributed by atoms with Gasteiger partial charge in [-0.2, -0.15) is 13.2 Å². The maximum atomic E-state index is 15.2. The van der Waals surface area contributed by atoms with E-state index >= 15 is 4.39 Å². The first-order chi connectivity index (χ1) is 17.8. The van der Waals surface area contributed by atoms with E-state index in [1.54, 1.807) is 0 Å². The van der Waals surface area contributed by atoms with Crippen molar-refractivity contribution in [1.29, 1.82) is 0 Å². The summed E-state index contributed by atoms with van der Waals surface area (Å²) >= 11 is 21.0. The number of ketones is 1. The Morgan fingerprint density at radius 1 is 1.08 bits per heavy atom. The molecule has 39 heavy (non-hydrogen) atoms. The number of allylic oxidation sites excluding steroid dienone is 1. The van der Waals surface area contributed by atoms with Crippen molar-refractivity contribution in [2.24, 2.45) is 5.41 Å². The van der Waals surface area contributed by atoms with Gasteiger partial charge in [-0.1, -0.05) is 56.8 Å². The molecule has 0 radical (unpaired) electrons. The highest BCUT2D eigenvalue weighted by molar-refractivity contribution is 9.10. The second kappa shape index (κ2) is 11.6. The van der Waals surface area contributed by atoms with Gasteiger partial charge in [0.15, 0.2) is 5.78 Å². The summed E-state index contributed by atoms with van der Waals surface area (Å²) in [4.78, 5) is 26.1. The van der Waals surface area contributed by atoms with Crippen LogP contribution in [0.25, 0.3) is 5.83 Å². The van der Waals surface area contributed by atoms with Crippen LogP contribution in [-0.2, 0) is 4.79 Å². The molecule has 1 amide bonds. The summed E-state index contributed by atoms with van der Waals surface area (Å²) in [5.74, 6) is -7.52. The molecule has 0 heterocycles. The molecule has 13 heteroatoms. The first-order valence-electron chi connectivity index (χ1n) is 11.4. The minimum Gasteiger partial charge on any atom is -0.336 e. The number of rotatable bonds is 9. The van der Waals surface area contributed by atoms with Crippen LogP contribution in [0.3, 0.4) is 0 Å². The van der Waals surface area contributed by atoms with Crippen molar-refractivity contribution >= 4 is 68.3 Å². The lowest BCUT2D eigenvalue weighted by Crippen LogP contribution is -2.41. The maximum Gasteiger partial charge on any atom is 0.406 e. The Morgan fingerprint density at radius 3 is 2.10 bits per heavy atom. The Hall–Kier alpha value is -1.75. The molecule has 0 spiro atoms. The Kier molecular flexibility index (Phi) is 9.47. The van der Waals surface area contributed by atoms with Gasteiger partial charge in [0.1, 0.15) is 12.4 Å². The Labute approximate surface area is 244 Å². The summed E-state index contributed by atoms with van der Waals surface area (Å²) in [6.07, 6.45) is -3.68. The maximum absolute atomic E-state index is 15.2. The minimum absolute atomic E-state index is 0.0319. The number of amides is 1. The van der Waals surface area contributed by atoms with Crippen LogP contribution in [0.15, 0.2) is 40.9 Å². The van der Waals surface area contributed by atoms with Crippen LogP contribution < -0.4 is 0 Å². The standard InChI is InChI=1S/C26H21BrCl3F6NO2/c1-24(32,33)16(14-8-18(28)22(30)19(29)9-14)10-20(31)13-3-4-15(17(27)7-13)21(38)11-25(5-6-25)23(39)37(2)12-26(34,35)36/h3-4,7-10,16H,5-6,11-12H2,1-2H3/b20-10-. The van der Waals surface area contributed by atoms with Crippen molar-refractivity contribution in [3.05, 3.63) is 72.6 Å². The molecule has 1 saturated carbocycles. The topological polar surface area (TPSA) is 37.4 Å². The average molecular weight is 680 g/mol. The second-order valence-electron chi connectivity index (χ2n) is 9.60. The lowest BCUT2D eigenvalue weighted by Gasteiger charge is -2.24. The predicted molar refractivity (Wildman–Crippen MR) is 142 cm³/mol. The molecular weight excluding hydrogens is 659 g/mol. The first kappa shape index (κ1) is 31.8. The Balaban J connectivity index is 1.84. The zero-order valence-corrected chi connectivity index (χ0v) is 24.3. The van der Waals surface area contributed by atoms with Gasteiger partial charge in [-0.25, -0.2) is 13.2 Å². The van der Waals surface area contributed by atoms with Crippen molar-refractivity contribution in [2.75, 3.05) is 13.6 Å². The smallest absolute Gasteiger partial charge is 0.336 e. The quantitative estimate of drug-likeness (QED) is 0.150. The van der Waals surface area contributed by atoms with Gasteiger partial charge < -0.3 is 4.90 Å². The van der Waals surface area contributed by atoms with E-state index in [1.807, 2.05) is 0 Å². The van der Waals surface area contributed by atoms with Crippen molar-refractivity contribution in [2.45, 2.75) is 44.2 Å². The molecule has 0 N–H and O–H groups in total. The van der Waals surface area contributed by atoms with Gasteiger partial charge >= 0.3 is 6.18 Å². The average Bonchev–Trinajstić information content (AvgIpc) is 3.58. The Bertz CT molecular complexity index is 1300. The van der Waals surface area contributed by atoms with Crippen LogP contribution in [-0.4, -0.2) is 42.3 Å². The predicted octanol–water partition coefficient (Wildman–Crippen LogP) is 9.53. The van der Waals surface area contributed by atoms with E-state index in [0.29, 0.717) is 17.9 Å². The lowest BCUT2D eigenvalue weighted by molar-refractivity contribution is -0.161. The normalized spacial score (nSPS) is 16.2. The number of nitrogens with zero attached hydrogens (tertiary/aromatic N) is 1. The molecular formula is C26H21BrCl3F6NO2. The van der Waals surface area contributed by atoms with Gasteiger partial charge in [-0.3, -0.25) is 9.59 Å². The van der Waals surface area contributed by atoms with E-state index in [0.717, 1.165) is 7.05 Å². The van der Waals surface area contributed by atoms with Crippen molar-refractivity contribution in [3.8, 4) is 0 Å². The summed E-state index contributed by atoms with van der Waals surface area (Å²) in [6.45, 7) is -0.825. The molecule has 1 aliphatic rings. The van der Waals surface area contributed by atoms with E-state index in [-0.39, 0.29) is 55.5 Å². The van der Waals surface area contributed by atoms with Gasteiger partial charge in [0.2, 0.25) is 5.91 Å². The number of alkyl halides is 5. The number of hydrogen-bond acceptors (Lipinski definition) is 2. The largest absolute Gasteiger partial charge is 0.406 e. The number of carbonyl (C=O) groups is 2. The summed E-state index contributed by atoms with van der Waals surface area (Å²) in [5.41, 5.74) is -1.35. The molecule has 1 aliphatic carbocycles. The molecule has 3 rings (SSSR count). The fourth-order valence-electron chi connectivity index (χ4n) is 4.19. The fraction of sp³-hybridized carbons (Fsp3) is 0.385. The third-order valence-electron chi connectivity index (χ3n) is 6.34. The van der Waals surface area contributed by atoms with Crippen LogP contribution in [0.1, 0.15) is 53.6 Å². The third kappa shape index (κ3) is 7.71. The summed E-state index contributed by atoms with van der Waals surface area (Å²) in [7, 11) is 1.03. The highest BCUT2D eigenvalue weighted by Crippen LogP contribution is 2.51. The lowest BCUT2D eigenvalue weighted by atomic mass is 9.91. The number of hydrogen-bond donors (Lipinski definition) is 0. The van der Waals surface area contributed by atoms with Crippen molar-refractivity contribution in [3.63, 3.8) is 0 Å². The van der Waals surface area contributed by atoms with E-state index in [9.17, 15) is 31.5 Å². The molecule has 212 valence electrons. The SMILES string of the molecule is CN(CC(F)(F)F)C(=O)C1(CC(=O)c2ccc(/C(F)=C/C(c3cc(Cl)c(Cl)c(Cl)c3)C(C)(F)F)cc2Br)CC1. The fourth-order valence-corrected chi connectivity index (χ4v) is 5.40. The summed E-state index contributed by atoms with van der Waals surface area (Å²) in [6, 6.07) is 6.00. The molecule has 0 aliphatic heterocycles. The van der Waals surface area contributed by atoms with Crippen LogP contribution in [0.5, 0.6) is 0 Å². The number of benzene rings is 2. The van der Waals surface area contributed by atoms with E-state index < -0.39 is 47.5 Å². The summed E-state index contributed by atoms with van der Waals surface area (Å²) in [5, 5.41) is -0.190. The summed E-state index contributed by atoms with van der Waals surface area (Å²) < 4.78 is 82.3. The molecule has 0 aromatic heterocycles. The number of carbonyl (C=O) groups excluding carboxylic acids is 2. The molecule has 0 bridgehead atoms. The monoisotopic (exact) mass is 677 g/mol. The van der Waals surface area contributed by atoms with E-state index in [2.05, 4.69) is 15.9 Å². The third-order valence-corrected chi connectivity index (χ3v) is 8.19. The second-order valence-corrected chi connectivity index (χ2v) is 11.6. The van der Waals surface area contributed by atoms with Gasteiger partial charge in [0.05, 0.1) is 26.4 Å².